The third-order valence-corrected chi connectivity index (χ3v) is 1.76. The predicted molar refractivity (Wildman–Crippen MR) is 46.1 cm³/mol. The lowest BCUT2D eigenvalue weighted by atomic mass is 10.0. The molecule has 1 unspecified atom stereocenters. The fourth-order valence-electron chi connectivity index (χ4n) is 1.09. The van der Waals surface area contributed by atoms with Crippen molar-refractivity contribution in [2.24, 2.45) is 5.92 Å². The first-order valence-corrected chi connectivity index (χ1v) is 3.96. The normalized spacial score (nSPS) is 12.8. The molecule has 0 aromatic carbocycles. The molecule has 0 aliphatic carbocycles. The van der Waals surface area contributed by atoms with Gasteiger partial charge in [0.2, 0.25) is 0 Å². The Kier molecular flexibility index (Phi) is 3.05. The summed E-state index contributed by atoms with van der Waals surface area (Å²) in [4.78, 5) is 11.5. The van der Waals surface area contributed by atoms with E-state index in [1.54, 1.807) is 6.07 Å². The van der Waals surface area contributed by atoms with Crippen LogP contribution in [0.1, 0.15) is 17.3 Å². The van der Waals surface area contributed by atoms with E-state index in [2.05, 4.69) is 5.32 Å². The predicted octanol–water partition coefficient (Wildman–Crippen LogP) is 1.32. The van der Waals surface area contributed by atoms with Crippen LogP contribution in [0.2, 0.25) is 0 Å². The summed E-state index contributed by atoms with van der Waals surface area (Å²) in [6, 6.07) is 1.69. The summed E-state index contributed by atoms with van der Waals surface area (Å²) in [5.41, 5.74) is 0.651. The molecule has 66 valence electrons. The van der Waals surface area contributed by atoms with Crippen LogP contribution in [0.25, 0.3) is 0 Å². The monoisotopic (exact) mass is 167 g/mol. The lowest BCUT2D eigenvalue weighted by molar-refractivity contribution is 0.0929. The maximum atomic E-state index is 11.5. The Balaban J connectivity index is 2.59. The Morgan fingerprint density at radius 2 is 2.50 bits per heavy atom. The largest absolute Gasteiger partial charge is 0.472 e. The van der Waals surface area contributed by atoms with Gasteiger partial charge in [-0.1, -0.05) is 6.92 Å². The first-order valence-electron chi connectivity index (χ1n) is 3.96. The Hall–Kier alpha value is -1.09. The fraction of sp³-hybridized carbons (Fsp3) is 0.444. The molecule has 0 radical (unpaired) electrons. The molecule has 3 heteroatoms. The highest BCUT2D eigenvalue weighted by Crippen LogP contribution is 2.08. The van der Waals surface area contributed by atoms with Crippen LogP contribution >= 0.6 is 0 Å². The van der Waals surface area contributed by atoms with E-state index in [0.717, 1.165) is 0 Å². The van der Waals surface area contributed by atoms with Gasteiger partial charge in [-0.3, -0.25) is 4.79 Å². The zero-order valence-electron chi connectivity index (χ0n) is 7.33. The molecular weight excluding hydrogens is 154 g/mol. The van der Waals surface area contributed by atoms with E-state index in [0.29, 0.717) is 12.1 Å². The van der Waals surface area contributed by atoms with E-state index < -0.39 is 0 Å². The smallest absolute Gasteiger partial charge is 0.170 e. The van der Waals surface area contributed by atoms with Crippen LogP contribution in [0.3, 0.4) is 0 Å². The third-order valence-electron chi connectivity index (χ3n) is 1.76. The van der Waals surface area contributed by atoms with Crippen LogP contribution in [-0.2, 0) is 0 Å². The number of hydrogen-bond donors (Lipinski definition) is 1. The maximum absolute atomic E-state index is 11.5. The summed E-state index contributed by atoms with van der Waals surface area (Å²) in [6.45, 7) is 2.59. The van der Waals surface area contributed by atoms with Crippen LogP contribution in [-0.4, -0.2) is 19.4 Å². The number of furan rings is 1. The summed E-state index contributed by atoms with van der Waals surface area (Å²) >= 11 is 0. The summed E-state index contributed by atoms with van der Waals surface area (Å²) in [5.74, 6) is 0.130. The van der Waals surface area contributed by atoms with E-state index in [9.17, 15) is 4.79 Å². The van der Waals surface area contributed by atoms with Crippen molar-refractivity contribution >= 4 is 5.78 Å². The minimum atomic E-state index is 0.00704. The molecule has 0 aliphatic rings. The van der Waals surface area contributed by atoms with Gasteiger partial charge in [-0.2, -0.15) is 0 Å². The second-order valence-corrected chi connectivity index (χ2v) is 2.84. The topological polar surface area (TPSA) is 42.2 Å². The first-order chi connectivity index (χ1) is 5.75. The number of nitrogens with one attached hydrogen (secondary N) is 1. The first kappa shape index (κ1) is 9.00. The molecule has 0 spiro atoms. The lowest BCUT2D eigenvalue weighted by Crippen LogP contribution is -2.23. The van der Waals surface area contributed by atoms with Gasteiger partial charge in [-0.25, -0.2) is 0 Å². The third kappa shape index (κ3) is 1.95. The molecule has 1 rings (SSSR count). The van der Waals surface area contributed by atoms with Gasteiger partial charge >= 0.3 is 0 Å². The molecule has 0 fully saturated rings. The van der Waals surface area contributed by atoms with E-state index in [4.69, 9.17) is 4.42 Å². The zero-order valence-corrected chi connectivity index (χ0v) is 7.33. The fourth-order valence-corrected chi connectivity index (χ4v) is 1.09. The van der Waals surface area contributed by atoms with Crippen molar-refractivity contribution in [2.75, 3.05) is 13.6 Å². The molecule has 12 heavy (non-hydrogen) atoms. The lowest BCUT2D eigenvalue weighted by Gasteiger charge is -2.06. The van der Waals surface area contributed by atoms with E-state index in [1.807, 2.05) is 14.0 Å². The maximum Gasteiger partial charge on any atom is 0.170 e. The minimum absolute atomic E-state index is 0.00704. The van der Waals surface area contributed by atoms with Crippen molar-refractivity contribution in [3.63, 3.8) is 0 Å². The molecule has 1 aromatic heterocycles. The summed E-state index contributed by atoms with van der Waals surface area (Å²) in [5, 5.41) is 2.96. The van der Waals surface area contributed by atoms with Gasteiger partial charge in [-0.05, 0) is 13.1 Å². The molecule has 0 amide bonds. The van der Waals surface area contributed by atoms with Crippen molar-refractivity contribution < 1.29 is 9.21 Å². The van der Waals surface area contributed by atoms with Crippen molar-refractivity contribution in [3.8, 4) is 0 Å². The van der Waals surface area contributed by atoms with E-state index in [-0.39, 0.29) is 11.7 Å². The summed E-state index contributed by atoms with van der Waals surface area (Å²) in [6.07, 6.45) is 2.99. The SMILES string of the molecule is CNCC(C)C(=O)c1ccoc1. The number of hydrogen-bond acceptors (Lipinski definition) is 3. The number of carbonyl (C=O) groups is 1. The number of ketones is 1. The van der Waals surface area contributed by atoms with Gasteiger partial charge in [0.25, 0.3) is 0 Å². The highest BCUT2D eigenvalue weighted by Gasteiger charge is 2.14. The van der Waals surface area contributed by atoms with Crippen LogP contribution in [0.5, 0.6) is 0 Å². The van der Waals surface area contributed by atoms with E-state index >= 15 is 0 Å². The molecule has 3 nitrogen and oxygen atoms in total. The van der Waals surface area contributed by atoms with Gasteiger partial charge in [0.15, 0.2) is 5.78 Å². The molecule has 0 aliphatic heterocycles. The average molecular weight is 167 g/mol. The Bertz CT molecular complexity index is 241. The van der Waals surface area contributed by atoms with Crippen molar-refractivity contribution in [1.29, 1.82) is 0 Å². The average Bonchev–Trinajstić information content (AvgIpc) is 2.55. The van der Waals surface area contributed by atoms with Crippen LogP contribution in [0.15, 0.2) is 23.0 Å². The highest BCUT2D eigenvalue weighted by molar-refractivity contribution is 5.97. The van der Waals surface area contributed by atoms with Gasteiger partial charge in [0.05, 0.1) is 11.8 Å². The van der Waals surface area contributed by atoms with Crippen LogP contribution < -0.4 is 5.32 Å². The molecule has 1 aromatic rings. The van der Waals surface area contributed by atoms with Crippen molar-refractivity contribution in [3.05, 3.63) is 24.2 Å². The van der Waals surface area contributed by atoms with Gasteiger partial charge in [0, 0.05) is 12.5 Å². The molecule has 1 heterocycles. The van der Waals surface area contributed by atoms with Crippen molar-refractivity contribution in [2.45, 2.75) is 6.92 Å². The Labute approximate surface area is 71.8 Å². The molecule has 1 N–H and O–H groups in total. The highest BCUT2D eigenvalue weighted by atomic mass is 16.3. The Morgan fingerprint density at radius 1 is 1.75 bits per heavy atom. The molecule has 0 bridgehead atoms. The van der Waals surface area contributed by atoms with Gasteiger partial charge in [-0.15, -0.1) is 0 Å². The second kappa shape index (κ2) is 4.07. The van der Waals surface area contributed by atoms with Crippen molar-refractivity contribution in [1.82, 2.24) is 5.32 Å². The molecule has 0 saturated carbocycles. The number of carbonyl (C=O) groups excluding carboxylic acids is 1. The standard InChI is InChI=1S/C9H13NO2/c1-7(5-10-2)9(11)8-3-4-12-6-8/h3-4,6-7,10H,5H2,1-2H3. The number of Topliss-reactive ketones (excluding diaryl/α,β-unsaturated/α-hetero) is 1. The molecular formula is C9H13NO2. The quantitative estimate of drug-likeness (QED) is 0.687. The number of rotatable bonds is 4. The van der Waals surface area contributed by atoms with Crippen LogP contribution in [0, 0.1) is 5.92 Å². The minimum Gasteiger partial charge on any atom is -0.472 e. The van der Waals surface area contributed by atoms with E-state index in [1.165, 1.54) is 12.5 Å². The summed E-state index contributed by atoms with van der Waals surface area (Å²) in [7, 11) is 1.83. The van der Waals surface area contributed by atoms with Gasteiger partial charge in [0.1, 0.15) is 6.26 Å². The zero-order chi connectivity index (χ0) is 8.97. The summed E-state index contributed by atoms with van der Waals surface area (Å²) < 4.78 is 4.82. The second-order valence-electron chi connectivity index (χ2n) is 2.84. The molecule has 1 atom stereocenters. The molecule has 0 saturated heterocycles. The Morgan fingerprint density at radius 3 is 3.00 bits per heavy atom. The van der Waals surface area contributed by atoms with Gasteiger partial charge < -0.3 is 9.73 Å². The van der Waals surface area contributed by atoms with Crippen LogP contribution in [0.4, 0.5) is 0 Å².